The van der Waals surface area contributed by atoms with Crippen molar-refractivity contribution in [3.05, 3.63) is 12.7 Å². The third-order valence-corrected chi connectivity index (χ3v) is 5.05. The quantitative estimate of drug-likeness (QED) is 0.310. The van der Waals surface area contributed by atoms with Crippen molar-refractivity contribution in [2.45, 2.75) is 65.6 Å². The first-order valence-electron chi connectivity index (χ1n) is 8.42. The van der Waals surface area contributed by atoms with Crippen LogP contribution in [-0.2, 0) is 14.1 Å². The molecule has 128 valence electrons. The Hall–Kier alpha value is -0.653. The lowest BCUT2D eigenvalue weighted by molar-refractivity contribution is -0.173. The molecule has 0 N–H and O–H groups in total. The van der Waals surface area contributed by atoms with E-state index in [1.807, 2.05) is 5.06 Å². The topological polar surface area (TPSA) is 38.8 Å². The smallest absolute Gasteiger partial charge is 0.332 e. The number of unbranched alkanes of at least 4 members (excludes halogenated alkanes) is 1. The average Bonchev–Trinajstić information content (AvgIpc) is 2.78. The van der Waals surface area contributed by atoms with Crippen LogP contribution in [0, 0.1) is 11.3 Å². The molecular formula is C17H33NO3Si. The minimum Gasteiger partial charge on any atom is -0.464 e. The second kappa shape index (κ2) is 7.75. The summed E-state index contributed by atoms with van der Waals surface area (Å²) in [5, 5.41) is 1.86. The van der Waals surface area contributed by atoms with Crippen molar-refractivity contribution in [3.8, 4) is 0 Å². The summed E-state index contributed by atoms with van der Waals surface area (Å²) in [6.45, 7) is 18.1. The molecule has 0 bridgehead atoms. The number of ether oxygens (including phenoxy) is 1. The van der Waals surface area contributed by atoms with Crippen LogP contribution in [-0.4, -0.2) is 38.8 Å². The molecule has 0 saturated carbocycles. The molecule has 0 amide bonds. The maximum atomic E-state index is 12.7. The SMILES string of the molecule is C=CC1(C(=O)OCCCC)CC(C(C)(C)C)CN1O[SiH](C)C. The molecule has 5 heteroatoms. The Kier molecular flexibility index (Phi) is 6.83. The van der Waals surface area contributed by atoms with E-state index in [0.29, 0.717) is 18.9 Å². The fraction of sp³-hybridized carbons (Fsp3) is 0.824. The van der Waals surface area contributed by atoms with Crippen LogP contribution in [0.25, 0.3) is 0 Å². The minimum absolute atomic E-state index is 0.120. The van der Waals surface area contributed by atoms with Gasteiger partial charge in [0.25, 0.3) is 0 Å². The molecule has 2 atom stereocenters. The van der Waals surface area contributed by atoms with E-state index in [0.717, 1.165) is 19.4 Å². The fourth-order valence-electron chi connectivity index (χ4n) is 2.76. The highest BCUT2D eigenvalue weighted by molar-refractivity contribution is 6.48. The van der Waals surface area contributed by atoms with Crippen molar-refractivity contribution in [2.75, 3.05) is 13.2 Å². The van der Waals surface area contributed by atoms with Crippen LogP contribution >= 0.6 is 0 Å². The van der Waals surface area contributed by atoms with E-state index in [2.05, 4.69) is 47.4 Å². The second-order valence-electron chi connectivity index (χ2n) is 7.60. The van der Waals surface area contributed by atoms with Crippen molar-refractivity contribution < 1.29 is 14.1 Å². The van der Waals surface area contributed by atoms with Crippen molar-refractivity contribution in [3.63, 3.8) is 0 Å². The largest absolute Gasteiger partial charge is 0.464 e. The van der Waals surface area contributed by atoms with Crippen LogP contribution in [0.15, 0.2) is 12.7 Å². The van der Waals surface area contributed by atoms with Gasteiger partial charge < -0.3 is 9.26 Å². The Morgan fingerprint density at radius 1 is 1.45 bits per heavy atom. The highest BCUT2D eigenvalue weighted by Gasteiger charge is 2.53. The van der Waals surface area contributed by atoms with Crippen LogP contribution in [0.3, 0.4) is 0 Å². The van der Waals surface area contributed by atoms with E-state index in [-0.39, 0.29) is 11.4 Å². The van der Waals surface area contributed by atoms with Gasteiger partial charge in [0.15, 0.2) is 14.6 Å². The Morgan fingerprint density at radius 2 is 2.09 bits per heavy atom. The number of hydrogen-bond donors (Lipinski definition) is 0. The Labute approximate surface area is 137 Å². The summed E-state index contributed by atoms with van der Waals surface area (Å²) in [7, 11) is -1.31. The number of nitrogens with zero attached hydrogens (tertiary/aromatic N) is 1. The van der Waals surface area contributed by atoms with Gasteiger partial charge in [0, 0.05) is 6.54 Å². The van der Waals surface area contributed by atoms with Gasteiger partial charge in [0.1, 0.15) is 0 Å². The fourth-order valence-corrected chi connectivity index (χ4v) is 3.55. The van der Waals surface area contributed by atoms with Gasteiger partial charge in [-0.15, -0.1) is 6.58 Å². The maximum Gasteiger partial charge on any atom is 0.332 e. The summed E-state index contributed by atoms with van der Waals surface area (Å²) in [6, 6.07) is 0. The van der Waals surface area contributed by atoms with Crippen LogP contribution in [0.4, 0.5) is 0 Å². The lowest BCUT2D eigenvalue weighted by Crippen LogP contribution is -2.51. The van der Waals surface area contributed by atoms with E-state index in [1.54, 1.807) is 6.08 Å². The average molecular weight is 328 g/mol. The standard InChI is InChI=1S/C17H33NO3Si/c1-8-10-11-20-15(19)17(9-2)12-14(16(3,4)5)13-18(17)21-22(6)7/h9,14,22H,2,8,10-13H2,1,3-7H3. The van der Waals surface area contributed by atoms with Gasteiger partial charge in [-0.25, -0.2) is 4.79 Å². The van der Waals surface area contributed by atoms with E-state index in [9.17, 15) is 4.79 Å². The number of rotatable bonds is 7. The number of hydrogen-bond acceptors (Lipinski definition) is 4. The summed E-state index contributed by atoms with van der Waals surface area (Å²) in [4.78, 5) is 12.7. The molecule has 22 heavy (non-hydrogen) atoms. The zero-order valence-corrected chi connectivity index (χ0v) is 16.3. The van der Waals surface area contributed by atoms with Gasteiger partial charge in [-0.2, -0.15) is 5.06 Å². The lowest BCUT2D eigenvalue weighted by atomic mass is 9.77. The van der Waals surface area contributed by atoms with Gasteiger partial charge in [0.05, 0.1) is 6.61 Å². The molecular weight excluding hydrogens is 294 g/mol. The predicted octanol–water partition coefficient (Wildman–Crippen LogP) is 3.54. The molecule has 4 nitrogen and oxygen atoms in total. The van der Waals surface area contributed by atoms with Gasteiger partial charge in [-0.1, -0.05) is 40.2 Å². The summed E-state index contributed by atoms with van der Waals surface area (Å²) in [6.07, 6.45) is 4.34. The van der Waals surface area contributed by atoms with Crippen LogP contribution in [0.5, 0.6) is 0 Å². The summed E-state index contributed by atoms with van der Waals surface area (Å²) >= 11 is 0. The Bertz CT molecular complexity index is 392. The third-order valence-electron chi connectivity index (χ3n) is 4.37. The van der Waals surface area contributed by atoms with Crippen molar-refractivity contribution in [2.24, 2.45) is 11.3 Å². The summed E-state index contributed by atoms with van der Waals surface area (Å²) < 4.78 is 11.6. The number of carbonyl (C=O) groups is 1. The van der Waals surface area contributed by atoms with Crippen molar-refractivity contribution in [1.29, 1.82) is 0 Å². The van der Waals surface area contributed by atoms with Crippen LogP contribution < -0.4 is 0 Å². The predicted molar refractivity (Wildman–Crippen MR) is 93.0 cm³/mol. The first kappa shape index (κ1) is 19.4. The van der Waals surface area contributed by atoms with Crippen LogP contribution in [0.1, 0.15) is 47.0 Å². The van der Waals surface area contributed by atoms with Crippen molar-refractivity contribution >= 4 is 15.0 Å². The lowest BCUT2D eigenvalue weighted by Gasteiger charge is -2.34. The summed E-state index contributed by atoms with van der Waals surface area (Å²) in [5.41, 5.74) is -0.711. The molecule has 1 rings (SSSR count). The van der Waals surface area contributed by atoms with Crippen LogP contribution in [0.2, 0.25) is 13.1 Å². The zero-order chi connectivity index (χ0) is 17.0. The maximum absolute atomic E-state index is 12.7. The molecule has 0 spiro atoms. The molecule has 0 aromatic heterocycles. The Balaban J connectivity index is 2.99. The highest BCUT2D eigenvalue weighted by Crippen LogP contribution is 2.43. The van der Waals surface area contributed by atoms with E-state index < -0.39 is 14.6 Å². The van der Waals surface area contributed by atoms with Gasteiger partial charge in [0.2, 0.25) is 0 Å². The molecule has 0 aromatic rings. The molecule has 0 aromatic carbocycles. The zero-order valence-electron chi connectivity index (χ0n) is 15.1. The Morgan fingerprint density at radius 3 is 2.55 bits per heavy atom. The van der Waals surface area contributed by atoms with E-state index >= 15 is 0 Å². The second-order valence-corrected chi connectivity index (χ2v) is 9.91. The highest BCUT2D eigenvalue weighted by atomic mass is 28.3. The summed E-state index contributed by atoms with van der Waals surface area (Å²) in [5.74, 6) is 0.161. The first-order valence-corrected chi connectivity index (χ1v) is 11.2. The third kappa shape index (κ3) is 4.43. The molecule has 1 fully saturated rings. The molecule has 1 aliphatic heterocycles. The number of carbonyl (C=O) groups excluding carboxylic acids is 1. The molecule has 2 unspecified atom stereocenters. The molecule has 0 aliphatic carbocycles. The number of esters is 1. The van der Waals surface area contributed by atoms with E-state index in [1.165, 1.54) is 0 Å². The van der Waals surface area contributed by atoms with Crippen molar-refractivity contribution in [1.82, 2.24) is 5.06 Å². The molecule has 1 aliphatic rings. The van der Waals surface area contributed by atoms with Gasteiger partial charge in [-0.05, 0) is 37.3 Å². The molecule has 1 saturated heterocycles. The normalized spacial score (nSPS) is 26.4. The van der Waals surface area contributed by atoms with E-state index in [4.69, 9.17) is 9.26 Å². The minimum atomic E-state index is -1.31. The monoisotopic (exact) mass is 327 g/mol. The first-order chi connectivity index (χ1) is 10.2. The molecule has 0 radical (unpaired) electrons. The molecule has 1 heterocycles. The number of hydroxylamine groups is 2. The van der Waals surface area contributed by atoms with Gasteiger partial charge >= 0.3 is 5.97 Å². The van der Waals surface area contributed by atoms with Gasteiger partial charge in [-0.3, -0.25) is 0 Å².